The minimum Gasteiger partial charge on any atom is -0.444 e. The molecular weight excluding hydrogens is 550 g/mol. The van der Waals surface area contributed by atoms with Crippen LogP contribution in [-0.2, 0) is 24.2 Å². The van der Waals surface area contributed by atoms with Crippen molar-refractivity contribution in [2.24, 2.45) is 0 Å². The second kappa shape index (κ2) is 11.8. The summed E-state index contributed by atoms with van der Waals surface area (Å²) in [5.41, 5.74) is 12.0. The van der Waals surface area contributed by atoms with Gasteiger partial charge in [-0.25, -0.2) is 9.78 Å². The molecule has 6 rings (SSSR count). The Balaban J connectivity index is 1.13. The molecule has 1 saturated heterocycles. The van der Waals surface area contributed by atoms with Crippen LogP contribution in [-0.4, -0.2) is 74.2 Å². The fourth-order valence-corrected chi connectivity index (χ4v) is 6.44. The number of piperazine rings is 1. The minimum atomic E-state index is -0.478. The van der Waals surface area contributed by atoms with Gasteiger partial charge in [-0.3, -0.25) is 14.9 Å². The predicted octanol–water partition coefficient (Wildman–Crippen LogP) is 6.38. The van der Waals surface area contributed by atoms with Gasteiger partial charge in [-0.05, 0) is 82.9 Å². The average Bonchev–Trinajstić information content (AvgIpc) is 3.34. The first-order valence-corrected chi connectivity index (χ1v) is 15.8. The maximum absolute atomic E-state index is 12.4. The highest BCUT2D eigenvalue weighted by atomic mass is 16.6. The lowest BCUT2D eigenvalue weighted by atomic mass is 9.97. The summed E-state index contributed by atoms with van der Waals surface area (Å²) in [5, 5.41) is 0. The van der Waals surface area contributed by atoms with Crippen molar-refractivity contribution >= 4 is 22.8 Å². The Morgan fingerprint density at radius 2 is 1.73 bits per heavy atom. The molecule has 0 aliphatic carbocycles. The average molecular weight is 596 g/mol. The van der Waals surface area contributed by atoms with Crippen molar-refractivity contribution < 1.29 is 9.53 Å². The van der Waals surface area contributed by atoms with Gasteiger partial charge >= 0.3 is 6.09 Å². The van der Waals surface area contributed by atoms with E-state index in [1.165, 1.54) is 16.7 Å². The molecule has 0 atom stereocenters. The van der Waals surface area contributed by atoms with E-state index in [1.54, 1.807) is 4.90 Å². The summed E-state index contributed by atoms with van der Waals surface area (Å²) in [5.74, 6) is 0.334. The number of fused-ring (bicyclic) bond motifs is 2. The molecule has 0 saturated carbocycles. The molecular formula is C35H45N7O2. The number of H-pyrrole nitrogens is 1. The van der Waals surface area contributed by atoms with E-state index in [4.69, 9.17) is 14.7 Å². The zero-order valence-electron chi connectivity index (χ0n) is 27.2. The SMILES string of the molecule is Cc1cc(-c2[nH]c3cc4c(nc3c2C(C)C)CN(Cc2ccc(N3CCN(C(=O)OC(C)(C)C)CC3)cn2)CC4)cc(C)n1. The number of hydrogen-bond donors (Lipinski definition) is 1. The number of ether oxygens (including phenoxy) is 1. The van der Waals surface area contributed by atoms with Crippen molar-refractivity contribution in [2.45, 2.75) is 79.5 Å². The molecule has 44 heavy (non-hydrogen) atoms. The predicted molar refractivity (Wildman–Crippen MR) is 175 cm³/mol. The van der Waals surface area contributed by atoms with Gasteiger partial charge in [0.25, 0.3) is 0 Å². The van der Waals surface area contributed by atoms with E-state index in [-0.39, 0.29) is 6.09 Å². The van der Waals surface area contributed by atoms with E-state index < -0.39 is 5.60 Å². The van der Waals surface area contributed by atoms with Crippen LogP contribution in [0, 0.1) is 13.8 Å². The number of nitrogens with one attached hydrogen (secondary N) is 1. The molecule has 4 aromatic rings. The third kappa shape index (κ3) is 6.43. The van der Waals surface area contributed by atoms with Crippen molar-refractivity contribution in [1.29, 1.82) is 0 Å². The monoisotopic (exact) mass is 595 g/mol. The van der Waals surface area contributed by atoms with Gasteiger partial charge in [-0.2, -0.15) is 0 Å². The Morgan fingerprint density at radius 3 is 2.36 bits per heavy atom. The molecule has 4 aromatic heterocycles. The van der Waals surface area contributed by atoms with Crippen molar-refractivity contribution in [2.75, 3.05) is 37.6 Å². The van der Waals surface area contributed by atoms with Gasteiger partial charge in [-0.15, -0.1) is 0 Å². The number of anilines is 1. The van der Waals surface area contributed by atoms with Crippen LogP contribution in [0.1, 0.15) is 74.4 Å². The molecule has 6 heterocycles. The largest absolute Gasteiger partial charge is 0.444 e. The second-order valence-electron chi connectivity index (χ2n) is 13.6. The number of nitrogens with zero attached hydrogens (tertiary/aromatic N) is 6. The van der Waals surface area contributed by atoms with Gasteiger partial charge in [0.05, 0.1) is 40.0 Å². The van der Waals surface area contributed by atoms with Crippen molar-refractivity contribution in [3.05, 3.63) is 70.4 Å². The van der Waals surface area contributed by atoms with Crippen LogP contribution in [0.4, 0.5) is 10.5 Å². The number of hydrogen-bond acceptors (Lipinski definition) is 7. The summed E-state index contributed by atoms with van der Waals surface area (Å²) in [6.45, 7) is 19.7. The molecule has 1 amide bonds. The molecule has 2 aliphatic heterocycles. The van der Waals surface area contributed by atoms with E-state index in [0.717, 1.165) is 84.3 Å². The molecule has 9 nitrogen and oxygen atoms in total. The molecule has 0 aromatic carbocycles. The first kappa shape index (κ1) is 30.1. The summed E-state index contributed by atoms with van der Waals surface area (Å²) in [4.78, 5) is 37.4. The minimum absolute atomic E-state index is 0.236. The Hall–Kier alpha value is -3.98. The fourth-order valence-electron chi connectivity index (χ4n) is 6.44. The van der Waals surface area contributed by atoms with Crippen molar-refractivity contribution in [3.63, 3.8) is 0 Å². The topological polar surface area (TPSA) is 90.5 Å². The zero-order valence-corrected chi connectivity index (χ0v) is 27.2. The van der Waals surface area contributed by atoms with E-state index >= 15 is 0 Å². The second-order valence-corrected chi connectivity index (χ2v) is 13.6. The number of amides is 1. The normalized spacial score (nSPS) is 16.1. The van der Waals surface area contributed by atoms with E-state index in [9.17, 15) is 4.79 Å². The van der Waals surface area contributed by atoms with Crippen molar-refractivity contribution in [3.8, 4) is 11.3 Å². The number of carbonyl (C=O) groups is 1. The van der Waals surface area contributed by atoms with E-state index in [2.05, 4.69) is 77.8 Å². The maximum atomic E-state index is 12.4. The molecule has 0 bridgehead atoms. The molecule has 1 N–H and O–H groups in total. The number of aryl methyl sites for hydroxylation is 2. The first-order chi connectivity index (χ1) is 20.9. The maximum Gasteiger partial charge on any atom is 0.410 e. The van der Waals surface area contributed by atoms with Gasteiger partial charge in [0, 0.05) is 68.3 Å². The molecule has 0 spiro atoms. The Kier molecular flexibility index (Phi) is 8.09. The third-order valence-electron chi connectivity index (χ3n) is 8.48. The quantitative estimate of drug-likeness (QED) is 0.287. The summed E-state index contributed by atoms with van der Waals surface area (Å²) < 4.78 is 5.54. The molecule has 9 heteroatoms. The van der Waals surface area contributed by atoms with Gasteiger partial charge in [-0.1, -0.05) is 13.8 Å². The van der Waals surface area contributed by atoms with E-state index in [0.29, 0.717) is 19.0 Å². The smallest absolute Gasteiger partial charge is 0.410 e. The lowest BCUT2D eigenvalue weighted by Crippen LogP contribution is -2.50. The number of carbonyl (C=O) groups excluding carboxylic acids is 1. The lowest BCUT2D eigenvalue weighted by Gasteiger charge is -2.36. The van der Waals surface area contributed by atoms with Gasteiger partial charge in [0.2, 0.25) is 0 Å². The Bertz CT molecular complexity index is 1640. The van der Waals surface area contributed by atoms with Crippen LogP contribution < -0.4 is 4.90 Å². The van der Waals surface area contributed by atoms with Crippen LogP contribution in [0.3, 0.4) is 0 Å². The molecule has 1 fully saturated rings. The van der Waals surface area contributed by atoms with Crippen LogP contribution in [0.15, 0.2) is 36.5 Å². The van der Waals surface area contributed by atoms with Crippen LogP contribution >= 0.6 is 0 Å². The lowest BCUT2D eigenvalue weighted by molar-refractivity contribution is 0.0240. The van der Waals surface area contributed by atoms with E-state index in [1.807, 2.05) is 27.0 Å². The number of aromatic nitrogens is 4. The van der Waals surface area contributed by atoms with Crippen LogP contribution in [0.25, 0.3) is 22.3 Å². The highest BCUT2D eigenvalue weighted by Crippen LogP contribution is 2.36. The van der Waals surface area contributed by atoms with Gasteiger partial charge in [0.1, 0.15) is 5.60 Å². The highest BCUT2D eigenvalue weighted by molar-refractivity contribution is 5.89. The standard InChI is InChI=1S/C35H45N7O2/c1-22(2)31-32(26-16-23(3)37-24(4)17-26)38-29-18-25-10-11-40(21-30(25)39-33(29)31)20-27-8-9-28(19-36-27)41-12-14-42(15-13-41)34(43)44-35(5,6)7/h8-9,16-19,22,38H,10-15,20-21H2,1-7H3. The zero-order chi connectivity index (χ0) is 31.2. The summed E-state index contributed by atoms with van der Waals surface area (Å²) in [6, 6.07) is 10.9. The Morgan fingerprint density at radius 1 is 1.00 bits per heavy atom. The number of aromatic amines is 1. The van der Waals surface area contributed by atoms with Gasteiger partial charge in [0.15, 0.2) is 0 Å². The number of rotatable bonds is 5. The Labute approximate surface area is 260 Å². The third-order valence-corrected chi connectivity index (χ3v) is 8.48. The van der Waals surface area contributed by atoms with Gasteiger partial charge < -0.3 is 19.5 Å². The molecule has 232 valence electrons. The number of pyridine rings is 3. The summed E-state index contributed by atoms with van der Waals surface area (Å²) >= 11 is 0. The summed E-state index contributed by atoms with van der Waals surface area (Å²) in [6.07, 6.45) is 2.70. The molecule has 0 radical (unpaired) electrons. The highest BCUT2D eigenvalue weighted by Gasteiger charge is 2.27. The van der Waals surface area contributed by atoms with Crippen molar-refractivity contribution in [1.82, 2.24) is 29.7 Å². The van der Waals surface area contributed by atoms with Crippen LogP contribution in [0.5, 0.6) is 0 Å². The first-order valence-electron chi connectivity index (χ1n) is 15.8. The fraction of sp³-hybridized carbons (Fsp3) is 0.486. The molecule has 0 unspecified atom stereocenters. The molecule has 2 aliphatic rings. The summed E-state index contributed by atoms with van der Waals surface area (Å²) in [7, 11) is 0. The van der Waals surface area contributed by atoms with Crippen LogP contribution in [0.2, 0.25) is 0 Å².